The van der Waals surface area contributed by atoms with Crippen molar-refractivity contribution >= 4 is 66.8 Å². The maximum atomic E-state index is 3.63. The molecule has 0 heterocycles. The first-order chi connectivity index (χ1) is 43.3. The molecule has 11 aromatic rings. The molecule has 0 saturated heterocycles. The van der Waals surface area contributed by atoms with Crippen molar-refractivity contribution in [2.75, 3.05) is 0 Å². The van der Waals surface area contributed by atoms with Gasteiger partial charge in [0.2, 0.25) is 0 Å². The van der Waals surface area contributed by atoms with Gasteiger partial charge in [-0.1, -0.05) is 473 Å². The highest BCUT2D eigenvalue weighted by Gasteiger charge is 1.83. The molecule has 0 aliphatic carbocycles. The average Bonchev–Trinajstić information content (AvgIpc) is 3.65. The largest absolute Gasteiger partial charge is 0.0985 e. The molecule has 0 amide bonds. The molecule has 0 unspecified atom stereocenters. The third-order valence-electron chi connectivity index (χ3n) is 11.4. The lowest BCUT2D eigenvalue weighted by Crippen LogP contribution is -1.63. The van der Waals surface area contributed by atoms with Gasteiger partial charge in [-0.3, -0.25) is 0 Å². The van der Waals surface area contributed by atoms with Crippen LogP contribution in [-0.2, 0) is 0 Å². The molecule has 0 aromatic heterocycles. The summed E-state index contributed by atoms with van der Waals surface area (Å²) in [5, 5.41) is 0. The van der Waals surface area contributed by atoms with Gasteiger partial charge in [-0.15, -0.1) is 0 Å². The second kappa shape index (κ2) is 54.8. The molecule has 0 spiro atoms. The zero-order valence-electron chi connectivity index (χ0n) is 51.4. The number of hydrogen-bond donors (Lipinski definition) is 0. The fourth-order valence-electron chi connectivity index (χ4n) is 6.48. The molecule has 0 saturated carbocycles. The van der Waals surface area contributed by atoms with Crippen LogP contribution >= 0.6 is 0 Å². The molecule has 0 aliphatic rings. The number of rotatable bonds is 11. The Bertz CT molecular complexity index is 2620. The lowest BCUT2D eigenvalue weighted by atomic mass is 10.2. The van der Waals surface area contributed by atoms with Crippen molar-refractivity contribution in [2.45, 2.75) is 0 Å². The predicted molar refractivity (Wildman–Crippen MR) is 402 cm³/mol. The third-order valence-corrected chi connectivity index (χ3v) is 11.4. The Morgan fingerprint density at radius 2 is 0.159 bits per heavy atom. The lowest BCUT2D eigenvalue weighted by molar-refractivity contribution is 1.67. The Hall–Kier alpha value is -11.4. The summed E-state index contributed by atoms with van der Waals surface area (Å²) < 4.78 is 0. The van der Waals surface area contributed by atoms with E-state index in [0.29, 0.717) is 0 Å². The highest BCUT2D eigenvalue weighted by Crippen LogP contribution is 2.04. The minimum atomic E-state index is 1.17. The molecule has 0 atom stereocenters. The van der Waals surface area contributed by atoms with Crippen molar-refractivity contribution in [3.8, 4) is 0 Å². The van der Waals surface area contributed by atoms with Gasteiger partial charge in [0.15, 0.2) is 0 Å². The Morgan fingerprint density at radius 3 is 0.193 bits per heavy atom. The van der Waals surface area contributed by atoms with Crippen LogP contribution in [0.2, 0.25) is 0 Å². The van der Waals surface area contributed by atoms with E-state index in [1.54, 1.807) is 0 Å². The van der Waals surface area contributed by atoms with Crippen LogP contribution in [-0.4, -0.2) is 0 Å². The van der Waals surface area contributed by atoms with E-state index in [-0.39, 0.29) is 0 Å². The van der Waals surface area contributed by atoms with E-state index in [1.807, 2.05) is 400 Å². The van der Waals surface area contributed by atoms with E-state index in [2.05, 4.69) is 72.4 Å². The van der Waals surface area contributed by atoms with Crippen molar-refractivity contribution < 1.29 is 0 Å². The van der Waals surface area contributed by atoms with Gasteiger partial charge in [-0.25, -0.2) is 0 Å². The number of hydrogen-bond acceptors (Lipinski definition) is 0. The van der Waals surface area contributed by atoms with Gasteiger partial charge in [-0.05, 0) is 61.2 Å². The van der Waals surface area contributed by atoms with Crippen LogP contribution in [0.15, 0.2) is 406 Å². The van der Waals surface area contributed by atoms with Crippen LogP contribution in [0.5, 0.6) is 0 Å². The van der Waals surface area contributed by atoms with Gasteiger partial charge in [0, 0.05) is 0 Å². The molecule has 440 valence electrons. The normalized spacial score (nSPS) is 8.50. The van der Waals surface area contributed by atoms with Crippen LogP contribution in [0.1, 0.15) is 61.2 Å². The molecule has 0 fully saturated rings. The van der Waals surface area contributed by atoms with Crippen LogP contribution in [0.25, 0.3) is 66.8 Å². The molecule has 0 N–H and O–H groups in total. The molecule has 0 bridgehead atoms. The van der Waals surface area contributed by atoms with Gasteiger partial charge < -0.3 is 0 Å². The SMILES string of the molecule is C=Cc1ccccc1.C=Cc1ccccc1.C=Cc1ccccc1.C=Cc1ccccc1.C=Cc1ccccc1.C=Cc1ccccc1.C=Cc1ccccc1.C=Cc1ccccc1.C=Cc1ccccc1.C=Cc1ccccc1.C=Cc1ccccc1. The van der Waals surface area contributed by atoms with Crippen molar-refractivity contribution in [1.82, 2.24) is 0 Å². The smallest absolute Gasteiger partial charge is 0.0263 e. The maximum absolute atomic E-state index is 3.63. The van der Waals surface area contributed by atoms with Gasteiger partial charge >= 0.3 is 0 Å². The van der Waals surface area contributed by atoms with Crippen LogP contribution in [0.4, 0.5) is 0 Å². The Kier molecular flexibility index (Phi) is 46.4. The Labute approximate surface area is 531 Å². The Balaban J connectivity index is 0.000000484. The standard InChI is InChI=1S/11C8H8/c11*1-2-8-6-4-3-5-7-8/h11*2-7H,1H2. The average molecular weight is 1150 g/mol. The highest BCUT2D eigenvalue weighted by atomic mass is 13.9. The van der Waals surface area contributed by atoms with E-state index in [9.17, 15) is 0 Å². The van der Waals surface area contributed by atoms with Crippen LogP contribution in [0.3, 0.4) is 0 Å². The van der Waals surface area contributed by atoms with E-state index < -0.39 is 0 Å². The summed E-state index contributed by atoms with van der Waals surface area (Å²) in [5.41, 5.74) is 12.9. The summed E-state index contributed by atoms with van der Waals surface area (Å²) in [7, 11) is 0. The second-order valence-corrected chi connectivity index (χ2v) is 17.8. The van der Waals surface area contributed by atoms with E-state index >= 15 is 0 Å². The quantitative estimate of drug-likeness (QED) is 0.121. The Morgan fingerprint density at radius 1 is 0.102 bits per heavy atom. The van der Waals surface area contributed by atoms with Crippen molar-refractivity contribution in [1.29, 1.82) is 0 Å². The van der Waals surface area contributed by atoms with Crippen molar-refractivity contribution in [3.63, 3.8) is 0 Å². The summed E-state index contributed by atoms with van der Waals surface area (Å²) in [4.78, 5) is 0. The summed E-state index contributed by atoms with van der Waals surface area (Å²) >= 11 is 0. The summed E-state index contributed by atoms with van der Waals surface area (Å²) in [5.74, 6) is 0. The van der Waals surface area contributed by atoms with Crippen LogP contribution < -0.4 is 0 Å². The molecular formula is C88H88. The van der Waals surface area contributed by atoms with E-state index in [1.165, 1.54) is 61.2 Å². The molecule has 0 nitrogen and oxygen atoms in total. The zero-order chi connectivity index (χ0) is 64.0. The van der Waals surface area contributed by atoms with E-state index in [0.717, 1.165) is 0 Å². The zero-order valence-corrected chi connectivity index (χ0v) is 51.4. The van der Waals surface area contributed by atoms with Gasteiger partial charge in [-0.2, -0.15) is 0 Å². The monoisotopic (exact) mass is 1140 g/mol. The fraction of sp³-hybridized carbons (Fsp3) is 0. The first-order valence-corrected chi connectivity index (χ1v) is 28.7. The topological polar surface area (TPSA) is 0 Å². The first-order valence-electron chi connectivity index (χ1n) is 28.7. The molecule has 0 radical (unpaired) electrons. The van der Waals surface area contributed by atoms with Gasteiger partial charge in [0.25, 0.3) is 0 Å². The second-order valence-electron chi connectivity index (χ2n) is 17.8. The summed E-state index contributed by atoms with van der Waals surface area (Å²) in [6, 6.07) is 110. The van der Waals surface area contributed by atoms with Gasteiger partial charge in [0.05, 0.1) is 0 Å². The summed E-state index contributed by atoms with van der Waals surface area (Å²) in [6.45, 7) is 39.9. The molecule has 0 heteroatoms. The molecule has 11 aromatic carbocycles. The maximum Gasteiger partial charge on any atom is -0.0263 e. The molecule has 11 rings (SSSR count). The van der Waals surface area contributed by atoms with Gasteiger partial charge in [0.1, 0.15) is 0 Å². The first kappa shape index (κ1) is 74.6. The summed E-state index contributed by atoms with van der Waals surface area (Å²) in [6.07, 6.45) is 20.2. The minimum absolute atomic E-state index is 1.17. The van der Waals surface area contributed by atoms with Crippen LogP contribution in [0, 0.1) is 0 Å². The fourth-order valence-corrected chi connectivity index (χ4v) is 6.48. The van der Waals surface area contributed by atoms with Crippen molar-refractivity contribution in [3.05, 3.63) is 467 Å². The third kappa shape index (κ3) is 41.5. The molecule has 88 heavy (non-hydrogen) atoms. The molecule has 0 aliphatic heterocycles. The van der Waals surface area contributed by atoms with Crippen molar-refractivity contribution in [2.24, 2.45) is 0 Å². The predicted octanol–water partition coefficient (Wildman–Crippen LogP) is 25.6. The lowest BCUT2D eigenvalue weighted by Gasteiger charge is -1.85. The number of benzene rings is 11. The highest BCUT2D eigenvalue weighted by molar-refractivity contribution is 5.51. The minimum Gasteiger partial charge on any atom is -0.0985 e. The van der Waals surface area contributed by atoms with E-state index in [4.69, 9.17) is 0 Å². The molecular weight excluding hydrogens is 1060 g/mol.